The quantitative estimate of drug-likeness (QED) is 0.527. The largest absolute Gasteiger partial charge is 0.279 e. The molecule has 0 saturated carbocycles. The minimum atomic E-state index is -0.671. The predicted octanol–water partition coefficient (Wildman–Crippen LogP) is 2.61. The van der Waals surface area contributed by atoms with E-state index in [-0.39, 0.29) is 17.8 Å². The Balaban J connectivity index is 2.42. The van der Waals surface area contributed by atoms with Gasteiger partial charge in [0.25, 0.3) is 11.4 Å². The monoisotopic (exact) mass is 298 g/mol. The van der Waals surface area contributed by atoms with Gasteiger partial charge in [-0.25, -0.2) is 0 Å². The van der Waals surface area contributed by atoms with Gasteiger partial charge in [-0.3, -0.25) is 25.3 Å². The van der Waals surface area contributed by atoms with Crippen LogP contribution in [0.1, 0.15) is 10.6 Å². The maximum atomic E-state index is 10.9. The van der Waals surface area contributed by atoms with Crippen molar-refractivity contribution in [3.05, 3.63) is 53.0 Å². The zero-order chi connectivity index (χ0) is 14.0. The molecule has 0 spiro atoms. The van der Waals surface area contributed by atoms with Gasteiger partial charge >= 0.3 is 0 Å². The maximum Gasteiger partial charge on any atom is 0.279 e. The Kier molecular flexibility index (Phi) is 3.62. The topological polar surface area (TPSA) is 115 Å². The lowest BCUT2D eigenvalue weighted by molar-refractivity contribution is -0.394. The number of nitro groups is 2. The van der Waals surface area contributed by atoms with Gasteiger partial charge in [0, 0.05) is 18.1 Å². The molecule has 1 aromatic heterocycles. The van der Waals surface area contributed by atoms with E-state index in [9.17, 15) is 20.2 Å². The van der Waals surface area contributed by atoms with Gasteiger partial charge in [0.1, 0.15) is 5.01 Å². The summed E-state index contributed by atoms with van der Waals surface area (Å²) in [6.45, 7) is 0. The van der Waals surface area contributed by atoms with Crippen LogP contribution in [-0.4, -0.2) is 20.0 Å². The van der Waals surface area contributed by atoms with Crippen LogP contribution in [0.25, 0.3) is 0 Å². The average Bonchev–Trinajstić information content (AvgIpc) is 2.74. The van der Waals surface area contributed by atoms with Gasteiger partial charge in [0.05, 0.1) is 15.9 Å². The van der Waals surface area contributed by atoms with Crippen LogP contribution in [0, 0.1) is 24.2 Å². The van der Waals surface area contributed by atoms with Crippen molar-refractivity contribution in [2.24, 2.45) is 0 Å². The van der Waals surface area contributed by atoms with Crippen LogP contribution in [0.5, 0.6) is 0 Å². The van der Waals surface area contributed by atoms with Gasteiger partial charge in [-0.2, -0.15) is 5.10 Å². The number of nitrogens with one attached hydrogen (secondary N) is 1. The Morgan fingerprint density at radius 3 is 2.58 bits per heavy atom. The summed E-state index contributed by atoms with van der Waals surface area (Å²) in [6, 6.07) is 3.54. The molecule has 19 heavy (non-hydrogen) atoms. The fraction of sp³-hybridized carbons (Fsp3) is 0.111. The Morgan fingerprint density at radius 1 is 1.32 bits per heavy atom. The lowest BCUT2D eigenvalue weighted by Crippen LogP contribution is -1.98. The molecule has 0 atom stereocenters. The highest BCUT2D eigenvalue weighted by molar-refractivity contribution is 7.73. The van der Waals surface area contributed by atoms with Gasteiger partial charge in [-0.05, 0) is 18.3 Å². The normalized spacial score (nSPS) is 10.3. The van der Waals surface area contributed by atoms with Crippen LogP contribution in [0.2, 0.25) is 0 Å². The van der Waals surface area contributed by atoms with Gasteiger partial charge < -0.3 is 0 Å². The van der Waals surface area contributed by atoms with E-state index >= 15 is 0 Å². The smallest absolute Gasteiger partial charge is 0.258 e. The number of non-ortho nitro benzene ring substituents is 1. The number of benzene rings is 1. The van der Waals surface area contributed by atoms with Crippen molar-refractivity contribution >= 4 is 34.9 Å². The minimum absolute atomic E-state index is 0.201. The number of nitro benzene ring substituents is 2. The summed E-state index contributed by atoms with van der Waals surface area (Å²) in [5.41, 5.74) is -0.256. The molecule has 0 fully saturated rings. The summed E-state index contributed by atoms with van der Waals surface area (Å²) in [5, 5.41) is 28.6. The van der Waals surface area contributed by atoms with Crippen LogP contribution in [0.15, 0.2) is 18.2 Å². The Morgan fingerprint density at radius 2 is 2.05 bits per heavy atom. The van der Waals surface area contributed by atoms with E-state index in [1.54, 1.807) is 0 Å². The van der Waals surface area contributed by atoms with Crippen molar-refractivity contribution < 1.29 is 9.85 Å². The first-order chi connectivity index (χ1) is 8.97. The molecule has 1 N–H and O–H groups in total. The highest BCUT2D eigenvalue weighted by Gasteiger charge is 2.20. The van der Waals surface area contributed by atoms with Crippen molar-refractivity contribution in [1.29, 1.82) is 0 Å². The van der Waals surface area contributed by atoms with Crippen molar-refractivity contribution in [2.75, 3.05) is 0 Å². The number of aromatic amines is 1. The second-order valence-corrected chi connectivity index (χ2v) is 5.26. The molecule has 8 nitrogen and oxygen atoms in total. The van der Waals surface area contributed by atoms with Gasteiger partial charge in [-0.15, -0.1) is 0 Å². The molecule has 2 aromatic rings. The van der Waals surface area contributed by atoms with E-state index in [1.807, 2.05) is 0 Å². The van der Waals surface area contributed by atoms with E-state index in [1.165, 1.54) is 23.5 Å². The Labute approximate surface area is 115 Å². The van der Waals surface area contributed by atoms with E-state index in [0.717, 1.165) is 6.07 Å². The first-order valence-corrected chi connectivity index (χ1v) is 6.16. The van der Waals surface area contributed by atoms with Crippen LogP contribution in [-0.2, 0) is 6.42 Å². The van der Waals surface area contributed by atoms with Crippen LogP contribution in [0.4, 0.5) is 11.4 Å². The molecule has 0 unspecified atom stereocenters. The van der Waals surface area contributed by atoms with Gasteiger partial charge in [0.15, 0.2) is 3.95 Å². The second kappa shape index (κ2) is 5.20. The molecule has 0 aliphatic heterocycles. The summed E-state index contributed by atoms with van der Waals surface area (Å²) in [7, 11) is 0. The number of aromatic nitrogens is 2. The molecule has 2 rings (SSSR count). The number of rotatable bonds is 4. The lowest BCUT2D eigenvalue weighted by Gasteiger charge is -2.00. The minimum Gasteiger partial charge on any atom is -0.258 e. The van der Waals surface area contributed by atoms with Crippen LogP contribution in [0.3, 0.4) is 0 Å². The van der Waals surface area contributed by atoms with E-state index in [2.05, 4.69) is 10.2 Å². The number of hydrogen-bond donors (Lipinski definition) is 1. The van der Waals surface area contributed by atoms with Crippen molar-refractivity contribution in [2.45, 2.75) is 6.42 Å². The Hall–Kier alpha value is -2.20. The molecule has 0 bridgehead atoms. The zero-order valence-electron chi connectivity index (χ0n) is 9.23. The van der Waals surface area contributed by atoms with Crippen LogP contribution < -0.4 is 0 Å². The standard InChI is InChI=1S/C9H6N4O4S2/c14-12(15)6-2-1-5(7(4-6)13(16)17)3-8-10-11-9(18)19-8/h1-2,4H,3H2,(H,11,18). The van der Waals surface area contributed by atoms with Crippen LogP contribution >= 0.6 is 23.6 Å². The van der Waals surface area contributed by atoms with E-state index in [4.69, 9.17) is 12.2 Å². The number of hydrogen-bond acceptors (Lipinski definition) is 7. The van der Waals surface area contributed by atoms with Crippen molar-refractivity contribution in [1.82, 2.24) is 10.2 Å². The fourth-order valence-corrected chi connectivity index (χ4v) is 2.44. The van der Waals surface area contributed by atoms with Gasteiger partial charge in [0.2, 0.25) is 0 Å². The summed E-state index contributed by atoms with van der Waals surface area (Å²) in [4.78, 5) is 20.2. The first-order valence-electron chi connectivity index (χ1n) is 4.93. The highest BCUT2D eigenvalue weighted by atomic mass is 32.1. The molecule has 0 aliphatic rings. The fourth-order valence-electron chi connectivity index (χ4n) is 1.48. The third-order valence-corrected chi connectivity index (χ3v) is 3.39. The molecular formula is C9H6N4O4S2. The molecular weight excluding hydrogens is 292 g/mol. The van der Waals surface area contributed by atoms with Crippen molar-refractivity contribution in [3.63, 3.8) is 0 Å². The summed E-state index contributed by atoms with van der Waals surface area (Å²) >= 11 is 6.07. The average molecular weight is 298 g/mol. The third-order valence-electron chi connectivity index (χ3n) is 2.30. The molecule has 0 amide bonds. The molecule has 98 valence electrons. The first kappa shape index (κ1) is 13.2. The summed E-state index contributed by atoms with van der Waals surface area (Å²) in [5.74, 6) is 0. The number of nitrogens with zero attached hydrogens (tertiary/aromatic N) is 3. The maximum absolute atomic E-state index is 10.9. The summed E-state index contributed by atoms with van der Waals surface area (Å²) in [6.07, 6.45) is 0.201. The SMILES string of the molecule is O=[N+]([O-])c1ccc(Cc2n[nH]c(=S)s2)c([N+](=O)[O-])c1. The van der Waals surface area contributed by atoms with Gasteiger partial charge in [-0.1, -0.05) is 11.3 Å². The molecule has 0 aliphatic carbocycles. The second-order valence-electron chi connectivity index (χ2n) is 3.51. The molecule has 1 heterocycles. The molecule has 1 aromatic carbocycles. The van der Waals surface area contributed by atoms with Crippen molar-refractivity contribution in [3.8, 4) is 0 Å². The molecule has 0 saturated heterocycles. The zero-order valence-corrected chi connectivity index (χ0v) is 10.9. The molecule has 0 radical (unpaired) electrons. The highest BCUT2D eigenvalue weighted by Crippen LogP contribution is 2.27. The summed E-state index contributed by atoms with van der Waals surface area (Å²) < 4.78 is 0.472. The van der Waals surface area contributed by atoms with E-state index < -0.39 is 9.85 Å². The number of H-pyrrole nitrogens is 1. The van der Waals surface area contributed by atoms with E-state index in [0.29, 0.717) is 14.5 Å². The lowest BCUT2D eigenvalue weighted by atomic mass is 10.1. The molecule has 10 heteroatoms. The Bertz CT molecular complexity index is 708. The predicted molar refractivity (Wildman–Crippen MR) is 69.9 cm³/mol. The third kappa shape index (κ3) is 2.98.